The van der Waals surface area contributed by atoms with Crippen molar-refractivity contribution in [2.75, 3.05) is 13.6 Å². The van der Waals surface area contributed by atoms with Crippen LogP contribution in [0.1, 0.15) is 25.7 Å². The highest BCUT2D eigenvalue weighted by Gasteiger charge is 2.53. The van der Waals surface area contributed by atoms with Gasteiger partial charge in [-0.05, 0) is 49.2 Å². The van der Waals surface area contributed by atoms with Gasteiger partial charge >= 0.3 is 0 Å². The number of hydrogen-bond acceptors (Lipinski definition) is 1. The van der Waals surface area contributed by atoms with Gasteiger partial charge in [-0.25, -0.2) is 0 Å². The SMILES string of the molecule is CNC(=S)NCC1(C2CC2)CC1. The van der Waals surface area contributed by atoms with Gasteiger partial charge in [-0.2, -0.15) is 0 Å². The average Bonchev–Trinajstić information content (AvgIpc) is 2.88. The highest BCUT2D eigenvalue weighted by Crippen LogP contribution is 2.60. The molecule has 0 aromatic heterocycles. The smallest absolute Gasteiger partial charge is 0.166 e. The Kier molecular flexibility index (Phi) is 1.99. The highest BCUT2D eigenvalue weighted by molar-refractivity contribution is 7.80. The first-order chi connectivity index (χ1) is 5.77. The van der Waals surface area contributed by atoms with E-state index in [1.807, 2.05) is 7.05 Å². The zero-order valence-electron chi connectivity index (χ0n) is 7.52. The van der Waals surface area contributed by atoms with Crippen LogP contribution in [0.4, 0.5) is 0 Å². The van der Waals surface area contributed by atoms with Gasteiger partial charge in [-0.1, -0.05) is 0 Å². The van der Waals surface area contributed by atoms with Crippen LogP contribution in [0.15, 0.2) is 0 Å². The molecular weight excluding hydrogens is 168 g/mol. The third-order valence-electron chi connectivity index (χ3n) is 3.16. The van der Waals surface area contributed by atoms with Crippen LogP contribution in [0.3, 0.4) is 0 Å². The van der Waals surface area contributed by atoms with Gasteiger partial charge in [-0.15, -0.1) is 0 Å². The molecule has 2 aliphatic carbocycles. The van der Waals surface area contributed by atoms with Crippen LogP contribution >= 0.6 is 12.2 Å². The van der Waals surface area contributed by atoms with Gasteiger partial charge in [0.2, 0.25) is 0 Å². The maximum atomic E-state index is 5.04. The van der Waals surface area contributed by atoms with E-state index in [1.165, 1.54) is 25.7 Å². The predicted molar refractivity (Wildman–Crippen MR) is 54.1 cm³/mol. The normalized spacial score (nSPS) is 24.8. The first-order valence-electron chi connectivity index (χ1n) is 4.72. The summed E-state index contributed by atoms with van der Waals surface area (Å²) in [6, 6.07) is 0. The standard InChI is InChI=1S/C9H16N2S/c1-10-8(12)11-6-9(4-5-9)7-2-3-7/h7H,2-6H2,1H3,(H2,10,11,12). The summed E-state index contributed by atoms with van der Waals surface area (Å²) in [7, 11) is 1.87. The molecule has 0 aromatic rings. The summed E-state index contributed by atoms with van der Waals surface area (Å²) in [5, 5.41) is 7.02. The van der Waals surface area contributed by atoms with Gasteiger partial charge in [0, 0.05) is 13.6 Å². The quantitative estimate of drug-likeness (QED) is 0.646. The number of thiocarbonyl (C=S) groups is 1. The third kappa shape index (κ3) is 1.56. The average molecular weight is 184 g/mol. The molecule has 12 heavy (non-hydrogen) atoms. The van der Waals surface area contributed by atoms with Crippen molar-refractivity contribution in [1.82, 2.24) is 10.6 Å². The first-order valence-corrected chi connectivity index (χ1v) is 5.13. The number of rotatable bonds is 3. The lowest BCUT2D eigenvalue weighted by molar-refractivity contribution is 0.433. The summed E-state index contributed by atoms with van der Waals surface area (Å²) in [6.45, 7) is 1.09. The molecule has 2 saturated carbocycles. The molecule has 2 aliphatic rings. The lowest BCUT2D eigenvalue weighted by Gasteiger charge is -2.15. The Balaban J connectivity index is 1.75. The molecule has 2 nitrogen and oxygen atoms in total. The molecule has 3 heteroatoms. The molecule has 2 fully saturated rings. The Morgan fingerprint density at radius 1 is 1.50 bits per heavy atom. The van der Waals surface area contributed by atoms with E-state index in [9.17, 15) is 0 Å². The predicted octanol–water partition coefficient (Wildman–Crippen LogP) is 1.27. The minimum atomic E-state index is 0.654. The van der Waals surface area contributed by atoms with Crippen LogP contribution in [-0.4, -0.2) is 18.7 Å². The van der Waals surface area contributed by atoms with Crippen LogP contribution in [-0.2, 0) is 0 Å². The molecule has 0 radical (unpaired) electrons. The molecule has 0 aliphatic heterocycles. The minimum absolute atomic E-state index is 0.654. The van der Waals surface area contributed by atoms with Crippen molar-refractivity contribution in [3.8, 4) is 0 Å². The Hall–Kier alpha value is -0.310. The van der Waals surface area contributed by atoms with Crippen molar-refractivity contribution in [3.05, 3.63) is 0 Å². The van der Waals surface area contributed by atoms with Crippen LogP contribution in [0, 0.1) is 11.3 Å². The fourth-order valence-corrected chi connectivity index (χ4v) is 2.00. The summed E-state index contributed by atoms with van der Waals surface area (Å²) in [6.07, 6.45) is 5.73. The molecule has 0 bridgehead atoms. The van der Waals surface area contributed by atoms with E-state index in [0.29, 0.717) is 5.41 Å². The van der Waals surface area contributed by atoms with Crippen molar-refractivity contribution in [2.45, 2.75) is 25.7 Å². The van der Waals surface area contributed by atoms with Gasteiger partial charge in [0.15, 0.2) is 5.11 Å². The fraction of sp³-hybridized carbons (Fsp3) is 0.889. The van der Waals surface area contributed by atoms with Gasteiger partial charge < -0.3 is 10.6 Å². The largest absolute Gasteiger partial charge is 0.366 e. The molecule has 0 spiro atoms. The van der Waals surface area contributed by atoms with E-state index in [2.05, 4.69) is 10.6 Å². The highest BCUT2D eigenvalue weighted by atomic mass is 32.1. The molecule has 0 amide bonds. The monoisotopic (exact) mass is 184 g/mol. The molecule has 68 valence electrons. The van der Waals surface area contributed by atoms with Crippen molar-refractivity contribution >= 4 is 17.3 Å². The lowest BCUT2D eigenvalue weighted by Crippen LogP contribution is -2.37. The second-order valence-electron chi connectivity index (χ2n) is 4.07. The van der Waals surface area contributed by atoms with E-state index in [4.69, 9.17) is 12.2 Å². The van der Waals surface area contributed by atoms with Crippen LogP contribution in [0.5, 0.6) is 0 Å². The van der Waals surface area contributed by atoms with Crippen molar-refractivity contribution in [2.24, 2.45) is 11.3 Å². The second-order valence-corrected chi connectivity index (χ2v) is 4.48. The van der Waals surface area contributed by atoms with Gasteiger partial charge in [-0.3, -0.25) is 0 Å². The Morgan fingerprint density at radius 2 is 2.17 bits per heavy atom. The van der Waals surface area contributed by atoms with Crippen LogP contribution < -0.4 is 10.6 Å². The van der Waals surface area contributed by atoms with Crippen molar-refractivity contribution in [3.63, 3.8) is 0 Å². The fourth-order valence-electron chi connectivity index (χ4n) is 1.93. The van der Waals surface area contributed by atoms with Gasteiger partial charge in [0.1, 0.15) is 0 Å². The topological polar surface area (TPSA) is 24.1 Å². The van der Waals surface area contributed by atoms with Crippen LogP contribution in [0.25, 0.3) is 0 Å². The summed E-state index contributed by atoms with van der Waals surface area (Å²) in [5.74, 6) is 1.02. The third-order valence-corrected chi connectivity index (χ3v) is 3.51. The van der Waals surface area contributed by atoms with Crippen LogP contribution in [0.2, 0.25) is 0 Å². The first kappa shape index (κ1) is 8.30. The Labute approximate surface area is 79.1 Å². The molecule has 0 unspecified atom stereocenters. The van der Waals surface area contributed by atoms with Gasteiger partial charge in [0.25, 0.3) is 0 Å². The molecule has 0 atom stereocenters. The van der Waals surface area contributed by atoms with E-state index in [-0.39, 0.29) is 0 Å². The van der Waals surface area contributed by atoms with E-state index >= 15 is 0 Å². The zero-order chi connectivity index (χ0) is 8.60. The molecule has 0 aromatic carbocycles. The maximum Gasteiger partial charge on any atom is 0.166 e. The Bertz CT molecular complexity index is 195. The summed E-state index contributed by atoms with van der Waals surface area (Å²) in [5.41, 5.74) is 0.654. The Morgan fingerprint density at radius 3 is 2.58 bits per heavy atom. The molecule has 0 saturated heterocycles. The van der Waals surface area contributed by atoms with E-state index < -0.39 is 0 Å². The number of hydrogen-bond donors (Lipinski definition) is 2. The zero-order valence-corrected chi connectivity index (χ0v) is 8.34. The lowest BCUT2D eigenvalue weighted by atomic mass is 10.0. The van der Waals surface area contributed by atoms with E-state index in [0.717, 1.165) is 17.6 Å². The minimum Gasteiger partial charge on any atom is -0.366 e. The van der Waals surface area contributed by atoms with Crippen molar-refractivity contribution in [1.29, 1.82) is 0 Å². The molecule has 0 heterocycles. The summed E-state index contributed by atoms with van der Waals surface area (Å²) >= 11 is 5.04. The van der Waals surface area contributed by atoms with Crippen molar-refractivity contribution < 1.29 is 0 Å². The van der Waals surface area contributed by atoms with E-state index in [1.54, 1.807) is 0 Å². The summed E-state index contributed by atoms with van der Waals surface area (Å²) < 4.78 is 0. The summed E-state index contributed by atoms with van der Waals surface area (Å²) in [4.78, 5) is 0. The molecular formula is C9H16N2S. The molecule has 2 N–H and O–H groups in total. The molecule has 2 rings (SSSR count). The number of nitrogens with one attached hydrogen (secondary N) is 2. The second kappa shape index (κ2) is 2.87. The van der Waals surface area contributed by atoms with Gasteiger partial charge in [0.05, 0.1) is 0 Å². The maximum absolute atomic E-state index is 5.04.